The second-order valence-corrected chi connectivity index (χ2v) is 8.25. The lowest BCUT2D eigenvalue weighted by Gasteiger charge is -2.28. The molecule has 1 unspecified atom stereocenters. The number of ether oxygens (including phenoxy) is 1. The van der Waals surface area contributed by atoms with Crippen molar-refractivity contribution in [2.24, 2.45) is 5.92 Å². The van der Waals surface area contributed by atoms with Crippen molar-refractivity contribution in [2.45, 2.75) is 20.3 Å². The first-order valence-corrected chi connectivity index (χ1v) is 11.1. The van der Waals surface area contributed by atoms with Crippen molar-refractivity contribution in [3.63, 3.8) is 0 Å². The van der Waals surface area contributed by atoms with Crippen LogP contribution in [-0.4, -0.2) is 67.7 Å². The molecule has 3 heterocycles. The molecule has 0 aliphatic carbocycles. The van der Waals surface area contributed by atoms with E-state index in [-0.39, 0.29) is 24.2 Å². The van der Waals surface area contributed by atoms with Gasteiger partial charge in [-0.3, -0.25) is 9.59 Å². The molecule has 2 amide bonds. The van der Waals surface area contributed by atoms with E-state index in [2.05, 4.69) is 25.5 Å². The zero-order valence-electron chi connectivity index (χ0n) is 18.6. The lowest BCUT2D eigenvalue weighted by molar-refractivity contribution is -0.126. The Morgan fingerprint density at radius 1 is 1.12 bits per heavy atom. The van der Waals surface area contributed by atoms with Gasteiger partial charge in [0.1, 0.15) is 5.82 Å². The van der Waals surface area contributed by atoms with E-state index in [1.807, 2.05) is 44.2 Å². The monoisotopic (exact) mass is 438 g/mol. The Labute approximate surface area is 188 Å². The summed E-state index contributed by atoms with van der Waals surface area (Å²) in [4.78, 5) is 37.9. The first kappa shape index (κ1) is 22.0. The van der Waals surface area contributed by atoms with Crippen molar-refractivity contribution in [3.05, 3.63) is 41.6 Å². The Kier molecular flexibility index (Phi) is 6.84. The Bertz CT molecular complexity index is 959. The third kappa shape index (κ3) is 5.34. The molecule has 9 heteroatoms. The molecule has 2 saturated heterocycles. The number of rotatable bonds is 7. The number of aromatic nitrogens is 2. The quantitative estimate of drug-likeness (QED) is 0.632. The molecule has 4 rings (SSSR count). The molecule has 2 N–H and O–H groups in total. The van der Waals surface area contributed by atoms with Gasteiger partial charge in [0, 0.05) is 56.6 Å². The van der Waals surface area contributed by atoms with Crippen molar-refractivity contribution in [1.29, 1.82) is 0 Å². The minimum Gasteiger partial charge on any atom is -0.378 e. The lowest BCUT2D eigenvalue weighted by atomic mass is 10.1. The predicted octanol–water partition coefficient (Wildman–Crippen LogP) is 1.51. The largest absolute Gasteiger partial charge is 0.378 e. The minimum atomic E-state index is -0.341. The van der Waals surface area contributed by atoms with Crippen LogP contribution in [0.3, 0.4) is 0 Å². The first-order valence-electron chi connectivity index (χ1n) is 11.1. The molecule has 0 saturated carbocycles. The van der Waals surface area contributed by atoms with Crippen LogP contribution in [-0.2, 0) is 14.3 Å². The van der Waals surface area contributed by atoms with Crippen LogP contribution < -0.4 is 20.4 Å². The molecule has 170 valence electrons. The van der Waals surface area contributed by atoms with E-state index < -0.39 is 0 Å². The summed E-state index contributed by atoms with van der Waals surface area (Å²) >= 11 is 0. The molecule has 2 aliphatic rings. The summed E-state index contributed by atoms with van der Waals surface area (Å²) in [6.07, 6.45) is 0.233. The normalized spacial score (nSPS) is 18.7. The number of carbonyl (C=O) groups is 2. The van der Waals surface area contributed by atoms with Crippen LogP contribution in [0, 0.1) is 19.8 Å². The van der Waals surface area contributed by atoms with Crippen LogP contribution in [0.5, 0.6) is 0 Å². The SMILES string of the molecule is Cc1ccc(N2CC(C(=O)NCCNc3nc(C)cc(N4CCOCC4)n3)CC2=O)cc1. The number of hydrogen-bond acceptors (Lipinski definition) is 7. The van der Waals surface area contributed by atoms with E-state index in [0.717, 1.165) is 35.9 Å². The number of nitrogens with one attached hydrogen (secondary N) is 2. The van der Waals surface area contributed by atoms with Gasteiger partial charge in [0.25, 0.3) is 0 Å². The van der Waals surface area contributed by atoms with Crippen LogP contribution in [0.15, 0.2) is 30.3 Å². The highest BCUT2D eigenvalue weighted by atomic mass is 16.5. The van der Waals surface area contributed by atoms with Gasteiger partial charge < -0.3 is 25.2 Å². The molecule has 1 aromatic carbocycles. The molecule has 0 spiro atoms. The lowest BCUT2D eigenvalue weighted by Crippen LogP contribution is -2.37. The number of nitrogens with zero attached hydrogens (tertiary/aromatic N) is 4. The minimum absolute atomic E-state index is 0.0177. The zero-order chi connectivity index (χ0) is 22.5. The van der Waals surface area contributed by atoms with Gasteiger partial charge in [0.05, 0.1) is 19.1 Å². The topological polar surface area (TPSA) is 99.7 Å². The van der Waals surface area contributed by atoms with Crippen molar-refractivity contribution < 1.29 is 14.3 Å². The molecular formula is C23H30N6O3. The maximum absolute atomic E-state index is 12.6. The zero-order valence-corrected chi connectivity index (χ0v) is 18.6. The van der Waals surface area contributed by atoms with E-state index in [0.29, 0.717) is 38.8 Å². The summed E-state index contributed by atoms with van der Waals surface area (Å²) in [5.41, 5.74) is 2.86. The molecular weight excluding hydrogens is 408 g/mol. The summed E-state index contributed by atoms with van der Waals surface area (Å²) in [7, 11) is 0. The number of benzene rings is 1. The molecule has 2 aromatic rings. The standard InChI is InChI=1S/C23H30N6O3/c1-16-3-5-19(6-4-16)29-15-18(14-21(29)30)22(31)24-7-8-25-23-26-17(2)13-20(27-23)28-9-11-32-12-10-28/h3-6,13,18H,7-12,14-15H2,1-2H3,(H,24,31)(H,25,26,27). The smallest absolute Gasteiger partial charge is 0.227 e. The Balaban J connectivity index is 1.25. The maximum atomic E-state index is 12.6. The van der Waals surface area contributed by atoms with E-state index in [1.165, 1.54) is 0 Å². The van der Waals surface area contributed by atoms with Gasteiger partial charge in [-0.05, 0) is 26.0 Å². The summed E-state index contributed by atoms with van der Waals surface area (Å²) in [5, 5.41) is 6.11. The van der Waals surface area contributed by atoms with Crippen LogP contribution in [0.4, 0.5) is 17.5 Å². The number of hydrogen-bond donors (Lipinski definition) is 2. The third-order valence-electron chi connectivity index (χ3n) is 5.72. The first-order chi connectivity index (χ1) is 15.5. The van der Waals surface area contributed by atoms with Gasteiger partial charge in [-0.25, -0.2) is 4.98 Å². The van der Waals surface area contributed by atoms with Crippen LogP contribution in [0.2, 0.25) is 0 Å². The van der Waals surface area contributed by atoms with Gasteiger partial charge in [-0.15, -0.1) is 0 Å². The van der Waals surface area contributed by atoms with E-state index in [4.69, 9.17) is 4.74 Å². The van der Waals surface area contributed by atoms with E-state index in [1.54, 1.807) is 4.90 Å². The molecule has 0 radical (unpaired) electrons. The van der Waals surface area contributed by atoms with Gasteiger partial charge in [-0.1, -0.05) is 17.7 Å². The van der Waals surface area contributed by atoms with Gasteiger partial charge in [0.2, 0.25) is 17.8 Å². The van der Waals surface area contributed by atoms with Crippen LogP contribution in [0.1, 0.15) is 17.7 Å². The number of amides is 2. The van der Waals surface area contributed by atoms with Gasteiger partial charge in [-0.2, -0.15) is 4.98 Å². The number of carbonyl (C=O) groups excluding carboxylic acids is 2. The van der Waals surface area contributed by atoms with Crippen molar-refractivity contribution in [3.8, 4) is 0 Å². The molecule has 2 fully saturated rings. The molecule has 2 aliphatic heterocycles. The summed E-state index contributed by atoms with van der Waals surface area (Å²) < 4.78 is 5.40. The average Bonchev–Trinajstić information content (AvgIpc) is 3.19. The highest BCUT2D eigenvalue weighted by Crippen LogP contribution is 2.25. The molecule has 9 nitrogen and oxygen atoms in total. The number of morpholine rings is 1. The Morgan fingerprint density at radius 3 is 2.62 bits per heavy atom. The molecule has 0 bridgehead atoms. The van der Waals surface area contributed by atoms with Gasteiger partial charge in [0.15, 0.2) is 0 Å². The molecule has 1 atom stereocenters. The van der Waals surface area contributed by atoms with E-state index in [9.17, 15) is 9.59 Å². The second kappa shape index (κ2) is 9.95. The summed E-state index contributed by atoms with van der Waals surface area (Å²) in [5.74, 6) is 0.965. The maximum Gasteiger partial charge on any atom is 0.227 e. The van der Waals surface area contributed by atoms with E-state index >= 15 is 0 Å². The van der Waals surface area contributed by atoms with Crippen molar-refractivity contribution in [1.82, 2.24) is 15.3 Å². The number of anilines is 3. The predicted molar refractivity (Wildman–Crippen MR) is 123 cm³/mol. The fourth-order valence-electron chi connectivity index (χ4n) is 3.95. The Morgan fingerprint density at radius 2 is 1.88 bits per heavy atom. The van der Waals surface area contributed by atoms with Crippen molar-refractivity contribution >= 4 is 29.3 Å². The second-order valence-electron chi connectivity index (χ2n) is 8.25. The highest BCUT2D eigenvalue weighted by Gasteiger charge is 2.34. The summed E-state index contributed by atoms with van der Waals surface area (Å²) in [6, 6.07) is 9.75. The fraction of sp³-hybridized carbons (Fsp3) is 0.478. The third-order valence-corrected chi connectivity index (χ3v) is 5.72. The van der Waals surface area contributed by atoms with Crippen LogP contribution in [0.25, 0.3) is 0 Å². The Hall–Kier alpha value is -3.20. The highest BCUT2D eigenvalue weighted by molar-refractivity contribution is 6.00. The van der Waals surface area contributed by atoms with Gasteiger partial charge >= 0.3 is 0 Å². The van der Waals surface area contributed by atoms with Crippen LogP contribution >= 0.6 is 0 Å². The fourth-order valence-corrected chi connectivity index (χ4v) is 3.95. The average molecular weight is 439 g/mol. The van der Waals surface area contributed by atoms with Crippen molar-refractivity contribution in [2.75, 3.05) is 61.1 Å². The number of aryl methyl sites for hydroxylation is 2. The molecule has 1 aromatic heterocycles. The summed E-state index contributed by atoms with van der Waals surface area (Å²) in [6.45, 7) is 8.30. The molecule has 32 heavy (non-hydrogen) atoms.